The van der Waals surface area contributed by atoms with Gasteiger partial charge in [0.1, 0.15) is 11.8 Å². The molecular weight excluding hydrogens is 405 g/mol. The van der Waals surface area contributed by atoms with Gasteiger partial charge < -0.3 is 20.1 Å². The van der Waals surface area contributed by atoms with E-state index in [-0.39, 0.29) is 12.1 Å². The molecule has 1 aliphatic heterocycles. The molecule has 0 aromatic carbocycles. The van der Waals surface area contributed by atoms with E-state index in [0.717, 1.165) is 36.5 Å². The van der Waals surface area contributed by atoms with Crippen LogP contribution < -0.4 is 10.6 Å². The van der Waals surface area contributed by atoms with E-state index in [1.807, 2.05) is 17.5 Å². The minimum absolute atomic E-state index is 0.00810. The predicted octanol–water partition coefficient (Wildman–Crippen LogP) is 2.56. The molecule has 0 spiro atoms. The second kappa shape index (κ2) is 6.64. The minimum Gasteiger partial charge on any atom is -0.441 e. The summed E-state index contributed by atoms with van der Waals surface area (Å²) in [5.41, 5.74) is 1.96. The molecular formula is C20H22FN7O3. The molecule has 0 unspecified atom stereocenters. The molecule has 31 heavy (non-hydrogen) atoms. The van der Waals surface area contributed by atoms with Gasteiger partial charge in [-0.05, 0) is 38.2 Å². The molecule has 4 fully saturated rings. The van der Waals surface area contributed by atoms with Crippen molar-refractivity contribution in [1.29, 1.82) is 0 Å². The quantitative estimate of drug-likeness (QED) is 0.573. The van der Waals surface area contributed by atoms with Crippen LogP contribution in [0.2, 0.25) is 0 Å². The van der Waals surface area contributed by atoms with E-state index < -0.39 is 24.5 Å². The number of imidazole rings is 1. The third-order valence-electron chi connectivity index (χ3n) is 6.39. The van der Waals surface area contributed by atoms with Gasteiger partial charge in [-0.2, -0.15) is 5.10 Å². The zero-order valence-corrected chi connectivity index (χ0v) is 16.8. The fourth-order valence-corrected chi connectivity index (χ4v) is 4.75. The SMILES string of the molecule is Cc1cn2c(Nc3cc([C@@H]4OC[C@H](OC(=O)NC56CC(C5)C6)[C@@H]4F)[nH]n3)nccc2n1. The molecule has 2 bridgehead atoms. The van der Waals surface area contributed by atoms with Gasteiger partial charge in [-0.15, -0.1) is 0 Å². The Kier molecular flexibility index (Phi) is 3.98. The molecule has 0 radical (unpaired) electrons. The fourth-order valence-electron chi connectivity index (χ4n) is 4.75. The Bertz CT molecular complexity index is 1140. The number of aromatic nitrogens is 5. The number of ether oxygens (including phenoxy) is 2. The molecule has 10 nitrogen and oxygen atoms in total. The maximum Gasteiger partial charge on any atom is 0.408 e. The standard InChI is InChI=1S/C20H22FN7O3/c1-10-8-28-15(23-10)2-3-22-18(28)24-14-4-12(26-27-14)17-16(21)13(9-30-17)31-19(29)25-20-5-11(6-20)7-20/h2-4,8,11,13,16-17H,5-7,9H2,1H3,(H,25,29)(H2,22,24,26,27)/t11?,13-,16-,17-,20?/m0/s1. The molecule has 4 aliphatic rings. The first kappa shape index (κ1) is 18.6. The monoisotopic (exact) mass is 427 g/mol. The number of aromatic amines is 1. The predicted molar refractivity (Wildman–Crippen MR) is 107 cm³/mol. The van der Waals surface area contributed by atoms with Gasteiger partial charge in [-0.1, -0.05) is 0 Å². The average molecular weight is 427 g/mol. The molecule has 1 amide bonds. The van der Waals surface area contributed by atoms with Gasteiger partial charge in [-0.3, -0.25) is 9.50 Å². The summed E-state index contributed by atoms with van der Waals surface area (Å²) in [7, 11) is 0. The van der Waals surface area contributed by atoms with E-state index in [9.17, 15) is 9.18 Å². The van der Waals surface area contributed by atoms with Gasteiger partial charge in [-0.25, -0.2) is 19.2 Å². The number of carbonyl (C=O) groups is 1. The van der Waals surface area contributed by atoms with E-state index in [2.05, 4.69) is 30.8 Å². The van der Waals surface area contributed by atoms with Gasteiger partial charge >= 0.3 is 6.09 Å². The van der Waals surface area contributed by atoms with Crippen molar-refractivity contribution in [3.63, 3.8) is 0 Å². The summed E-state index contributed by atoms with van der Waals surface area (Å²) in [4.78, 5) is 20.8. The summed E-state index contributed by atoms with van der Waals surface area (Å²) in [6.07, 6.45) is 2.58. The van der Waals surface area contributed by atoms with Crippen LogP contribution in [-0.4, -0.2) is 55.1 Å². The highest BCUT2D eigenvalue weighted by Gasteiger charge is 2.58. The second-order valence-electron chi connectivity index (χ2n) is 8.74. The lowest BCUT2D eigenvalue weighted by atomic mass is 9.50. The van der Waals surface area contributed by atoms with Crippen molar-refractivity contribution in [3.8, 4) is 0 Å². The van der Waals surface area contributed by atoms with E-state index in [1.54, 1.807) is 18.3 Å². The minimum atomic E-state index is -1.50. The summed E-state index contributed by atoms with van der Waals surface area (Å²) in [5.74, 6) is 1.73. The summed E-state index contributed by atoms with van der Waals surface area (Å²) < 4.78 is 27.6. The number of alkyl halides is 1. The number of H-pyrrole nitrogens is 1. The van der Waals surface area contributed by atoms with E-state index in [1.165, 1.54) is 0 Å². The number of hydrogen-bond donors (Lipinski definition) is 3. The van der Waals surface area contributed by atoms with Crippen molar-refractivity contribution in [3.05, 3.63) is 35.9 Å². The first-order valence-corrected chi connectivity index (χ1v) is 10.4. The third kappa shape index (κ3) is 3.11. The highest BCUT2D eigenvalue weighted by Crippen LogP contribution is 2.57. The molecule has 3 aromatic rings. The number of rotatable bonds is 5. The Morgan fingerprint density at radius 3 is 3.03 bits per heavy atom. The van der Waals surface area contributed by atoms with Crippen LogP contribution in [0.5, 0.6) is 0 Å². The number of alkyl carbamates (subject to hydrolysis) is 1. The maximum atomic E-state index is 15.0. The molecule has 3 saturated carbocycles. The lowest BCUT2D eigenvalue weighted by Crippen LogP contribution is -2.68. The van der Waals surface area contributed by atoms with Gasteiger partial charge in [0.15, 0.2) is 18.1 Å². The zero-order valence-electron chi connectivity index (χ0n) is 16.8. The first-order valence-electron chi connectivity index (χ1n) is 10.4. The Labute approximate surface area is 176 Å². The van der Waals surface area contributed by atoms with Crippen molar-refractivity contribution in [2.75, 3.05) is 11.9 Å². The van der Waals surface area contributed by atoms with Gasteiger partial charge in [0, 0.05) is 24.0 Å². The van der Waals surface area contributed by atoms with Crippen molar-refractivity contribution in [2.24, 2.45) is 5.92 Å². The summed E-state index contributed by atoms with van der Waals surface area (Å²) in [6.45, 7) is 1.89. The Morgan fingerprint density at radius 1 is 1.42 bits per heavy atom. The lowest BCUT2D eigenvalue weighted by Gasteiger charge is -2.61. The molecule has 4 heterocycles. The normalized spacial score (nSPS) is 31.2. The number of halogens is 1. The maximum absolute atomic E-state index is 15.0. The molecule has 11 heteroatoms. The topological polar surface area (TPSA) is 118 Å². The van der Waals surface area contributed by atoms with Crippen LogP contribution in [-0.2, 0) is 9.47 Å². The van der Waals surface area contributed by atoms with Gasteiger partial charge in [0.05, 0.1) is 18.0 Å². The summed E-state index contributed by atoms with van der Waals surface area (Å²) in [5, 5.41) is 13.0. The Morgan fingerprint density at radius 2 is 2.26 bits per heavy atom. The summed E-state index contributed by atoms with van der Waals surface area (Å²) >= 11 is 0. The van der Waals surface area contributed by atoms with Crippen LogP contribution in [0, 0.1) is 12.8 Å². The number of nitrogens with zero attached hydrogens (tertiary/aromatic N) is 4. The Hall–Kier alpha value is -3.21. The number of fused-ring (bicyclic) bond motifs is 1. The molecule has 1 saturated heterocycles. The van der Waals surface area contributed by atoms with E-state index in [4.69, 9.17) is 9.47 Å². The number of anilines is 2. The molecule has 3 atom stereocenters. The van der Waals surface area contributed by atoms with Crippen LogP contribution in [0.4, 0.5) is 21.0 Å². The van der Waals surface area contributed by atoms with E-state index >= 15 is 0 Å². The van der Waals surface area contributed by atoms with E-state index in [0.29, 0.717) is 17.5 Å². The van der Waals surface area contributed by atoms with Crippen molar-refractivity contribution in [1.82, 2.24) is 29.9 Å². The van der Waals surface area contributed by atoms with Crippen molar-refractivity contribution in [2.45, 2.75) is 50.1 Å². The molecule has 162 valence electrons. The number of nitrogens with one attached hydrogen (secondary N) is 3. The van der Waals surface area contributed by atoms with Crippen LogP contribution in [0.1, 0.15) is 36.8 Å². The van der Waals surface area contributed by atoms with Crippen molar-refractivity contribution >= 4 is 23.5 Å². The third-order valence-corrected chi connectivity index (χ3v) is 6.39. The van der Waals surface area contributed by atoms with Crippen molar-refractivity contribution < 1.29 is 18.7 Å². The van der Waals surface area contributed by atoms with Gasteiger partial charge in [0.25, 0.3) is 0 Å². The zero-order chi connectivity index (χ0) is 21.2. The van der Waals surface area contributed by atoms with Gasteiger partial charge in [0.2, 0.25) is 5.95 Å². The number of amides is 1. The highest BCUT2D eigenvalue weighted by atomic mass is 19.1. The summed E-state index contributed by atoms with van der Waals surface area (Å²) in [6, 6.07) is 3.46. The first-order chi connectivity index (χ1) is 15.0. The fraction of sp³-hybridized carbons (Fsp3) is 0.500. The second-order valence-corrected chi connectivity index (χ2v) is 8.74. The van der Waals surface area contributed by atoms with Crippen LogP contribution in [0.3, 0.4) is 0 Å². The largest absolute Gasteiger partial charge is 0.441 e. The smallest absolute Gasteiger partial charge is 0.408 e. The number of carbonyl (C=O) groups excluding carboxylic acids is 1. The lowest BCUT2D eigenvalue weighted by molar-refractivity contribution is -0.0528. The highest BCUT2D eigenvalue weighted by molar-refractivity contribution is 5.69. The number of hydrogen-bond acceptors (Lipinski definition) is 7. The number of aryl methyl sites for hydroxylation is 1. The molecule has 3 N–H and O–H groups in total. The Balaban J connectivity index is 1.11. The van der Waals surface area contributed by atoms with Crippen LogP contribution >= 0.6 is 0 Å². The average Bonchev–Trinajstić information content (AvgIpc) is 3.37. The molecule has 7 rings (SSSR count). The van der Waals surface area contributed by atoms with Crippen LogP contribution in [0.25, 0.3) is 5.65 Å². The molecule has 3 aliphatic carbocycles. The molecule has 3 aromatic heterocycles. The van der Waals surface area contributed by atoms with Crippen LogP contribution in [0.15, 0.2) is 24.5 Å².